The van der Waals surface area contributed by atoms with Crippen LogP contribution in [0.25, 0.3) is 0 Å². The van der Waals surface area contributed by atoms with Crippen LogP contribution in [0.4, 0.5) is 0 Å². The number of amides is 1. The van der Waals surface area contributed by atoms with Gasteiger partial charge in [0.25, 0.3) is 0 Å². The number of ether oxygens (including phenoxy) is 1. The largest absolute Gasteiger partial charge is 0.378 e. The Kier molecular flexibility index (Phi) is 3.30. The second kappa shape index (κ2) is 4.71. The van der Waals surface area contributed by atoms with Crippen molar-refractivity contribution >= 4 is 18.1 Å². The molecule has 7 nitrogen and oxygen atoms in total. The molecule has 0 bridgehead atoms. The number of carbonyl (C=O) groups excluding carboxylic acids is 1. The molecule has 1 unspecified atom stereocenters. The molecule has 1 atom stereocenters. The van der Waals surface area contributed by atoms with Crippen LogP contribution < -0.4 is 0 Å². The van der Waals surface area contributed by atoms with Gasteiger partial charge in [-0.05, 0) is 19.1 Å². The molecule has 16 heavy (non-hydrogen) atoms. The van der Waals surface area contributed by atoms with Crippen LogP contribution in [-0.2, 0) is 9.53 Å². The molecule has 1 fully saturated rings. The lowest BCUT2D eigenvalue weighted by Gasteiger charge is -2.29. The number of tetrazole rings is 1. The normalized spacial score (nSPS) is 18.4. The van der Waals surface area contributed by atoms with Gasteiger partial charge in [0.1, 0.15) is 6.04 Å². The first kappa shape index (κ1) is 11.2. The molecule has 1 aliphatic heterocycles. The molecule has 0 spiro atoms. The summed E-state index contributed by atoms with van der Waals surface area (Å²) < 4.78 is 6.96. The second-order valence-electron chi connectivity index (χ2n) is 3.57. The predicted octanol–water partition coefficient (Wildman–Crippen LogP) is -0.245. The van der Waals surface area contributed by atoms with E-state index in [0.717, 1.165) is 0 Å². The molecule has 1 saturated heterocycles. The Morgan fingerprint density at radius 1 is 1.56 bits per heavy atom. The average molecular weight is 243 g/mol. The molecule has 1 aromatic rings. The van der Waals surface area contributed by atoms with Crippen LogP contribution in [0.3, 0.4) is 0 Å². The number of rotatable bonds is 2. The number of nitrogens with one attached hydrogen (secondary N) is 1. The predicted molar refractivity (Wildman–Crippen MR) is 57.3 cm³/mol. The van der Waals surface area contributed by atoms with Crippen molar-refractivity contribution in [1.82, 2.24) is 25.1 Å². The number of morpholine rings is 1. The maximum atomic E-state index is 12.1. The summed E-state index contributed by atoms with van der Waals surface area (Å²) >= 11 is 4.94. The van der Waals surface area contributed by atoms with Crippen LogP contribution in [0.15, 0.2) is 0 Å². The Morgan fingerprint density at radius 2 is 2.25 bits per heavy atom. The number of hydrogen-bond donors (Lipinski definition) is 1. The van der Waals surface area contributed by atoms with E-state index in [0.29, 0.717) is 26.3 Å². The fourth-order valence-corrected chi connectivity index (χ4v) is 1.85. The summed E-state index contributed by atoms with van der Waals surface area (Å²) in [6.45, 7) is 4.19. The molecule has 88 valence electrons. The molecule has 0 radical (unpaired) electrons. The van der Waals surface area contributed by atoms with Gasteiger partial charge in [-0.3, -0.25) is 4.79 Å². The van der Waals surface area contributed by atoms with Crippen LogP contribution in [0, 0.1) is 4.77 Å². The third kappa shape index (κ3) is 2.12. The number of H-pyrrole nitrogens is 1. The summed E-state index contributed by atoms with van der Waals surface area (Å²) in [7, 11) is 0. The fraction of sp³-hybridized carbons (Fsp3) is 0.750. The molecule has 1 amide bonds. The minimum Gasteiger partial charge on any atom is -0.378 e. The highest BCUT2D eigenvalue weighted by molar-refractivity contribution is 7.71. The molecular formula is C8H13N5O2S. The minimum absolute atomic E-state index is 0.00505. The van der Waals surface area contributed by atoms with Crippen molar-refractivity contribution in [2.75, 3.05) is 26.3 Å². The lowest BCUT2D eigenvalue weighted by molar-refractivity contribution is -0.138. The molecule has 0 saturated carbocycles. The maximum absolute atomic E-state index is 12.1. The Morgan fingerprint density at radius 3 is 2.81 bits per heavy atom. The lowest BCUT2D eigenvalue weighted by Crippen LogP contribution is -2.43. The van der Waals surface area contributed by atoms with E-state index in [9.17, 15) is 4.79 Å². The number of hydrogen-bond acceptors (Lipinski definition) is 5. The first-order valence-electron chi connectivity index (χ1n) is 5.06. The van der Waals surface area contributed by atoms with E-state index in [1.54, 1.807) is 11.8 Å². The maximum Gasteiger partial charge on any atom is 0.247 e. The smallest absolute Gasteiger partial charge is 0.247 e. The summed E-state index contributed by atoms with van der Waals surface area (Å²) in [4.78, 5) is 13.8. The van der Waals surface area contributed by atoms with Crippen LogP contribution in [0.1, 0.15) is 13.0 Å². The van der Waals surface area contributed by atoms with Crippen molar-refractivity contribution in [1.29, 1.82) is 0 Å². The van der Waals surface area contributed by atoms with E-state index in [4.69, 9.17) is 17.0 Å². The van der Waals surface area contributed by atoms with E-state index in [2.05, 4.69) is 15.5 Å². The number of aromatic amines is 1. The number of nitrogens with zero attached hydrogens (tertiary/aromatic N) is 4. The van der Waals surface area contributed by atoms with Crippen molar-refractivity contribution in [3.05, 3.63) is 4.77 Å². The van der Waals surface area contributed by atoms with Gasteiger partial charge >= 0.3 is 0 Å². The zero-order chi connectivity index (χ0) is 11.5. The highest BCUT2D eigenvalue weighted by Crippen LogP contribution is 2.09. The van der Waals surface area contributed by atoms with E-state index in [-0.39, 0.29) is 10.7 Å². The van der Waals surface area contributed by atoms with E-state index in [1.165, 1.54) is 4.68 Å². The summed E-state index contributed by atoms with van der Waals surface area (Å²) in [6, 6.07) is -0.402. The lowest BCUT2D eigenvalue weighted by atomic mass is 10.2. The summed E-state index contributed by atoms with van der Waals surface area (Å²) in [5.74, 6) is 0.00505. The summed E-state index contributed by atoms with van der Waals surface area (Å²) in [5.41, 5.74) is 0. The van der Waals surface area contributed by atoms with Gasteiger partial charge < -0.3 is 9.64 Å². The average Bonchev–Trinajstić information content (AvgIpc) is 2.75. The topological polar surface area (TPSA) is 76.0 Å². The number of aromatic nitrogens is 4. The van der Waals surface area contributed by atoms with Crippen molar-refractivity contribution in [3.63, 3.8) is 0 Å². The molecule has 8 heteroatoms. The van der Waals surface area contributed by atoms with Gasteiger partial charge in [0.05, 0.1) is 13.2 Å². The van der Waals surface area contributed by atoms with Gasteiger partial charge in [0, 0.05) is 13.1 Å². The third-order valence-corrected chi connectivity index (χ3v) is 2.84. The monoisotopic (exact) mass is 243 g/mol. The fourth-order valence-electron chi connectivity index (χ4n) is 1.61. The molecule has 0 aromatic carbocycles. The summed E-state index contributed by atoms with van der Waals surface area (Å²) in [6.07, 6.45) is 0. The number of carbonyl (C=O) groups is 1. The zero-order valence-electron chi connectivity index (χ0n) is 8.92. The first-order valence-corrected chi connectivity index (χ1v) is 5.47. The van der Waals surface area contributed by atoms with E-state index >= 15 is 0 Å². The Labute approximate surface area is 97.4 Å². The second-order valence-corrected chi connectivity index (χ2v) is 3.93. The van der Waals surface area contributed by atoms with Gasteiger partial charge in [-0.15, -0.1) is 0 Å². The minimum atomic E-state index is -0.402. The van der Waals surface area contributed by atoms with Crippen LogP contribution in [0.2, 0.25) is 0 Å². The Hall–Kier alpha value is -1.28. The third-order valence-electron chi connectivity index (χ3n) is 2.56. The van der Waals surface area contributed by atoms with Gasteiger partial charge in [-0.2, -0.15) is 5.21 Å². The van der Waals surface area contributed by atoms with Gasteiger partial charge in [-0.1, -0.05) is 10.3 Å². The summed E-state index contributed by atoms with van der Waals surface area (Å²) in [5, 5.41) is 9.80. The van der Waals surface area contributed by atoms with Gasteiger partial charge in [0.2, 0.25) is 10.7 Å². The van der Waals surface area contributed by atoms with Crippen molar-refractivity contribution in [3.8, 4) is 0 Å². The Balaban J connectivity index is 2.09. The van der Waals surface area contributed by atoms with Crippen LogP contribution in [0.5, 0.6) is 0 Å². The molecule has 1 aliphatic rings. The molecule has 2 rings (SSSR count). The molecule has 0 aliphatic carbocycles. The van der Waals surface area contributed by atoms with Gasteiger partial charge in [0.15, 0.2) is 0 Å². The van der Waals surface area contributed by atoms with E-state index < -0.39 is 6.04 Å². The first-order chi connectivity index (χ1) is 7.70. The van der Waals surface area contributed by atoms with Gasteiger partial charge in [-0.25, -0.2) is 4.68 Å². The molecule has 2 heterocycles. The highest BCUT2D eigenvalue weighted by atomic mass is 32.1. The Bertz CT molecular complexity index is 422. The van der Waals surface area contributed by atoms with Crippen LogP contribution in [-0.4, -0.2) is 57.3 Å². The highest BCUT2D eigenvalue weighted by Gasteiger charge is 2.24. The van der Waals surface area contributed by atoms with Crippen molar-refractivity contribution in [2.24, 2.45) is 0 Å². The van der Waals surface area contributed by atoms with Crippen molar-refractivity contribution < 1.29 is 9.53 Å². The van der Waals surface area contributed by atoms with E-state index in [1.807, 2.05) is 0 Å². The van der Waals surface area contributed by atoms with Crippen molar-refractivity contribution in [2.45, 2.75) is 13.0 Å². The molecule has 1 aromatic heterocycles. The molecular weight excluding hydrogens is 230 g/mol. The standard InChI is InChI=1S/C8H13N5O2S/c1-6(13-8(16)9-10-11-13)7(14)12-2-4-15-5-3-12/h6H,2-5H2,1H3,(H,9,11,16). The van der Waals surface area contributed by atoms with Crippen LogP contribution >= 0.6 is 12.2 Å². The molecule has 1 N–H and O–H groups in total. The quantitative estimate of drug-likeness (QED) is 0.725. The zero-order valence-corrected chi connectivity index (χ0v) is 9.74. The SMILES string of the molecule is CC(C(=O)N1CCOCC1)n1[nH]nnc1=S.